The zero-order chi connectivity index (χ0) is 17.4. The fourth-order valence-electron chi connectivity index (χ4n) is 4.24. The number of nitrogens with one attached hydrogen (secondary N) is 1. The molecular formula is C18H26N2O3S. The summed E-state index contributed by atoms with van der Waals surface area (Å²) in [4.78, 5) is 15.2. The average molecular weight is 350 g/mol. The second-order valence-electron chi connectivity index (χ2n) is 7.31. The third-order valence-corrected chi connectivity index (χ3v) is 6.71. The molecule has 0 unspecified atom stereocenters. The number of fused-ring (bicyclic) bond motifs is 1. The summed E-state index contributed by atoms with van der Waals surface area (Å²) in [6.45, 7) is 2.24. The summed E-state index contributed by atoms with van der Waals surface area (Å²) in [5.41, 5.74) is 0.715. The number of hydrogen-bond acceptors (Lipinski definition) is 4. The minimum atomic E-state index is -3.18. The van der Waals surface area contributed by atoms with Crippen molar-refractivity contribution in [1.29, 1.82) is 0 Å². The molecule has 0 aromatic heterocycles. The molecule has 132 valence electrons. The predicted molar refractivity (Wildman–Crippen MR) is 93.3 cm³/mol. The lowest BCUT2D eigenvalue weighted by molar-refractivity contribution is -0.144. The Balaban J connectivity index is 1.72. The molecule has 1 aromatic carbocycles. The Labute approximate surface area is 144 Å². The van der Waals surface area contributed by atoms with E-state index in [9.17, 15) is 13.2 Å². The predicted octanol–water partition coefficient (Wildman–Crippen LogP) is 1.83. The van der Waals surface area contributed by atoms with Gasteiger partial charge in [0.05, 0.1) is 10.3 Å². The second-order valence-corrected chi connectivity index (χ2v) is 9.32. The summed E-state index contributed by atoms with van der Waals surface area (Å²) >= 11 is 0. The van der Waals surface area contributed by atoms with E-state index in [1.54, 1.807) is 29.2 Å². The molecule has 0 spiro atoms. The van der Waals surface area contributed by atoms with E-state index in [0.29, 0.717) is 17.4 Å². The first kappa shape index (κ1) is 17.4. The number of carbonyl (C=O) groups is 1. The van der Waals surface area contributed by atoms with E-state index in [2.05, 4.69) is 5.32 Å². The van der Waals surface area contributed by atoms with Crippen molar-refractivity contribution in [1.82, 2.24) is 10.2 Å². The molecule has 24 heavy (non-hydrogen) atoms. The summed E-state index contributed by atoms with van der Waals surface area (Å²) in [6.07, 6.45) is 5.66. The standard InChI is InChI=1S/C18H26N2O3S/c1-20(12-14-6-8-16(9-7-14)24(2,22)23)17(21)18-10-4-3-5-15(18)11-19-13-18/h6-9,15,19H,3-5,10-13H2,1-2H3/t15-,18+/m0/s1. The van der Waals surface area contributed by atoms with E-state index in [4.69, 9.17) is 0 Å². The molecule has 5 nitrogen and oxygen atoms in total. The van der Waals surface area contributed by atoms with Crippen LogP contribution in [0.25, 0.3) is 0 Å². The van der Waals surface area contributed by atoms with Gasteiger partial charge >= 0.3 is 0 Å². The van der Waals surface area contributed by atoms with Crippen LogP contribution in [0, 0.1) is 11.3 Å². The summed E-state index contributed by atoms with van der Waals surface area (Å²) in [5, 5.41) is 3.41. The van der Waals surface area contributed by atoms with Crippen LogP contribution >= 0.6 is 0 Å². The van der Waals surface area contributed by atoms with Crippen molar-refractivity contribution in [2.75, 3.05) is 26.4 Å². The lowest BCUT2D eigenvalue weighted by Crippen LogP contribution is -2.48. The summed E-state index contributed by atoms with van der Waals surface area (Å²) in [6, 6.07) is 6.82. The van der Waals surface area contributed by atoms with Crippen LogP contribution in [0.4, 0.5) is 0 Å². The fraction of sp³-hybridized carbons (Fsp3) is 0.611. The van der Waals surface area contributed by atoms with Crippen LogP contribution in [0.1, 0.15) is 31.2 Å². The second kappa shape index (κ2) is 6.48. The number of rotatable bonds is 4. The van der Waals surface area contributed by atoms with Gasteiger partial charge in [-0.2, -0.15) is 0 Å². The van der Waals surface area contributed by atoms with Crippen LogP contribution in [0.3, 0.4) is 0 Å². The van der Waals surface area contributed by atoms with Crippen molar-refractivity contribution in [2.45, 2.75) is 37.1 Å². The topological polar surface area (TPSA) is 66.5 Å². The van der Waals surface area contributed by atoms with Gasteiger partial charge in [-0.25, -0.2) is 8.42 Å². The Morgan fingerprint density at radius 1 is 1.29 bits per heavy atom. The Bertz CT molecular complexity index is 714. The molecule has 6 heteroatoms. The van der Waals surface area contributed by atoms with Crippen molar-refractivity contribution in [3.8, 4) is 0 Å². The van der Waals surface area contributed by atoms with Gasteiger partial charge in [-0.05, 0) is 43.0 Å². The number of sulfone groups is 1. The van der Waals surface area contributed by atoms with Crippen molar-refractivity contribution in [3.05, 3.63) is 29.8 Å². The summed E-state index contributed by atoms with van der Waals surface area (Å²) < 4.78 is 23.1. The third-order valence-electron chi connectivity index (χ3n) is 5.58. The zero-order valence-corrected chi connectivity index (χ0v) is 15.2. The molecule has 3 rings (SSSR count). The van der Waals surface area contributed by atoms with E-state index in [-0.39, 0.29) is 11.3 Å². The van der Waals surface area contributed by atoms with Crippen molar-refractivity contribution in [3.63, 3.8) is 0 Å². The zero-order valence-electron chi connectivity index (χ0n) is 14.4. The van der Waals surface area contributed by atoms with Gasteiger partial charge in [-0.1, -0.05) is 25.0 Å². The van der Waals surface area contributed by atoms with Crippen LogP contribution < -0.4 is 5.32 Å². The van der Waals surface area contributed by atoms with Gasteiger partial charge in [0.2, 0.25) is 5.91 Å². The van der Waals surface area contributed by atoms with Gasteiger partial charge in [0.1, 0.15) is 0 Å². The molecule has 1 N–H and O–H groups in total. The molecule has 1 aliphatic heterocycles. The van der Waals surface area contributed by atoms with Crippen LogP contribution in [0.15, 0.2) is 29.2 Å². The van der Waals surface area contributed by atoms with Crippen LogP contribution in [-0.4, -0.2) is 45.6 Å². The molecule has 0 bridgehead atoms. The molecule has 2 fully saturated rings. The molecule has 1 saturated carbocycles. The highest BCUT2D eigenvalue weighted by atomic mass is 32.2. The van der Waals surface area contributed by atoms with Gasteiger partial charge < -0.3 is 10.2 Å². The first-order valence-electron chi connectivity index (χ1n) is 8.58. The third kappa shape index (κ3) is 3.22. The molecule has 0 radical (unpaired) electrons. The molecule has 2 atom stereocenters. The Morgan fingerprint density at radius 3 is 2.67 bits per heavy atom. The minimum Gasteiger partial charge on any atom is -0.341 e. The SMILES string of the molecule is CN(Cc1ccc(S(C)(=O)=O)cc1)C(=O)[C@@]12CCCC[C@H]1CNC2. The molecule has 1 aliphatic carbocycles. The lowest BCUT2D eigenvalue weighted by Gasteiger charge is -2.39. The van der Waals surface area contributed by atoms with Gasteiger partial charge in [-0.15, -0.1) is 0 Å². The molecule has 1 amide bonds. The maximum Gasteiger partial charge on any atom is 0.230 e. The van der Waals surface area contributed by atoms with Crippen LogP contribution in [-0.2, 0) is 21.2 Å². The van der Waals surface area contributed by atoms with Gasteiger partial charge in [0.25, 0.3) is 0 Å². The van der Waals surface area contributed by atoms with E-state index in [1.165, 1.54) is 12.7 Å². The van der Waals surface area contributed by atoms with Crippen LogP contribution in [0.2, 0.25) is 0 Å². The quantitative estimate of drug-likeness (QED) is 0.900. The van der Waals surface area contributed by atoms with E-state index in [1.807, 2.05) is 7.05 Å². The van der Waals surface area contributed by atoms with E-state index < -0.39 is 9.84 Å². The maximum atomic E-state index is 13.1. The molecule has 2 aliphatic rings. The highest BCUT2D eigenvalue weighted by Gasteiger charge is 2.50. The van der Waals surface area contributed by atoms with Crippen molar-refractivity contribution >= 4 is 15.7 Å². The largest absolute Gasteiger partial charge is 0.341 e. The van der Waals surface area contributed by atoms with Crippen molar-refractivity contribution < 1.29 is 13.2 Å². The maximum absolute atomic E-state index is 13.1. The van der Waals surface area contributed by atoms with E-state index >= 15 is 0 Å². The average Bonchev–Trinajstić information content (AvgIpc) is 2.98. The van der Waals surface area contributed by atoms with Crippen LogP contribution in [0.5, 0.6) is 0 Å². The van der Waals surface area contributed by atoms with Crippen molar-refractivity contribution in [2.24, 2.45) is 11.3 Å². The normalized spacial score (nSPS) is 26.8. The summed E-state index contributed by atoms with van der Waals surface area (Å²) in [5.74, 6) is 0.679. The fourth-order valence-corrected chi connectivity index (χ4v) is 4.87. The van der Waals surface area contributed by atoms with Gasteiger partial charge in [-0.3, -0.25) is 4.79 Å². The monoisotopic (exact) mass is 350 g/mol. The van der Waals surface area contributed by atoms with E-state index in [0.717, 1.165) is 37.9 Å². The number of amides is 1. The first-order chi connectivity index (χ1) is 11.3. The number of hydrogen-bond donors (Lipinski definition) is 1. The Kier molecular flexibility index (Phi) is 4.71. The highest BCUT2D eigenvalue weighted by Crippen LogP contribution is 2.45. The number of nitrogens with zero attached hydrogens (tertiary/aromatic N) is 1. The molecular weight excluding hydrogens is 324 g/mol. The smallest absolute Gasteiger partial charge is 0.230 e. The Hall–Kier alpha value is -1.40. The molecule has 1 heterocycles. The first-order valence-corrected chi connectivity index (χ1v) is 10.5. The van der Waals surface area contributed by atoms with Gasteiger partial charge in [0, 0.05) is 26.4 Å². The highest BCUT2D eigenvalue weighted by molar-refractivity contribution is 7.90. The molecule has 1 saturated heterocycles. The molecule has 1 aromatic rings. The number of carbonyl (C=O) groups excluding carboxylic acids is 1. The number of benzene rings is 1. The minimum absolute atomic E-state index is 0.226. The Morgan fingerprint density at radius 2 is 2.00 bits per heavy atom. The summed E-state index contributed by atoms with van der Waals surface area (Å²) in [7, 11) is -1.33. The van der Waals surface area contributed by atoms with Gasteiger partial charge in [0.15, 0.2) is 9.84 Å². The lowest BCUT2D eigenvalue weighted by atomic mass is 9.67.